The molecule has 1 heteroatoms. The lowest BCUT2D eigenvalue weighted by Crippen LogP contribution is -1.66. The maximum Gasteiger partial charge on any atom is 0.0912 e. The van der Waals surface area contributed by atoms with Crippen LogP contribution in [0.3, 0.4) is 0 Å². The number of allylic oxidation sites excluding steroid dienone is 3. The van der Waals surface area contributed by atoms with E-state index in [1.54, 1.807) is 6.08 Å². The molecule has 15 heavy (non-hydrogen) atoms. The van der Waals surface area contributed by atoms with Crippen LogP contribution in [-0.2, 0) is 0 Å². The van der Waals surface area contributed by atoms with E-state index in [9.17, 15) is 0 Å². The minimum atomic E-state index is 1.14. The average molecular weight is 195 g/mol. The van der Waals surface area contributed by atoms with Crippen molar-refractivity contribution in [3.8, 4) is 6.07 Å². The number of nitriles is 1. The number of nitrogens with zero attached hydrogens (tertiary/aromatic N) is 1. The Labute approximate surface area is 91.0 Å². The summed E-state index contributed by atoms with van der Waals surface area (Å²) in [4.78, 5) is 0. The highest BCUT2D eigenvalue weighted by Crippen LogP contribution is 2.00. The number of benzene rings is 1. The molecular formula is C14H13N. The minimum Gasteiger partial charge on any atom is -0.193 e. The van der Waals surface area contributed by atoms with E-state index in [4.69, 9.17) is 5.26 Å². The van der Waals surface area contributed by atoms with Gasteiger partial charge in [0.05, 0.1) is 6.07 Å². The highest BCUT2D eigenvalue weighted by Gasteiger charge is 1.78. The second-order valence-corrected chi connectivity index (χ2v) is 2.51. The van der Waals surface area contributed by atoms with Crippen LogP contribution < -0.4 is 0 Å². The highest BCUT2D eigenvalue weighted by molar-refractivity contribution is 5.50. The molecule has 0 aliphatic carbocycles. The van der Waals surface area contributed by atoms with Crippen LogP contribution in [0.15, 0.2) is 67.4 Å². The normalized spacial score (nSPS) is 9.00. The minimum absolute atomic E-state index is 1.14. The fourth-order valence-corrected chi connectivity index (χ4v) is 0.829. The van der Waals surface area contributed by atoms with E-state index in [1.807, 2.05) is 48.6 Å². The molecule has 0 N–H and O–H groups in total. The van der Waals surface area contributed by atoms with E-state index in [0.717, 1.165) is 5.56 Å². The Morgan fingerprint density at radius 2 is 1.67 bits per heavy atom. The molecule has 0 fully saturated rings. The van der Waals surface area contributed by atoms with Crippen LogP contribution in [0, 0.1) is 11.3 Å². The maximum absolute atomic E-state index is 8.19. The van der Waals surface area contributed by atoms with Gasteiger partial charge in [0.2, 0.25) is 0 Å². The van der Waals surface area contributed by atoms with E-state index in [-0.39, 0.29) is 0 Å². The SMILES string of the molecule is C=C=C.N#CC=CC=Cc1ccccc1. The molecule has 1 rings (SSSR count). The molecule has 0 saturated carbocycles. The van der Waals surface area contributed by atoms with Crippen molar-refractivity contribution in [2.75, 3.05) is 0 Å². The van der Waals surface area contributed by atoms with Crippen molar-refractivity contribution in [3.63, 3.8) is 0 Å². The third-order valence-electron chi connectivity index (χ3n) is 1.37. The van der Waals surface area contributed by atoms with Crippen molar-refractivity contribution >= 4 is 6.08 Å². The van der Waals surface area contributed by atoms with E-state index < -0.39 is 0 Å². The third kappa shape index (κ3) is 8.05. The van der Waals surface area contributed by atoms with Gasteiger partial charge in [-0.15, -0.1) is 5.73 Å². The molecule has 1 aromatic carbocycles. The first-order valence-corrected chi connectivity index (χ1v) is 4.42. The first-order valence-electron chi connectivity index (χ1n) is 4.42. The van der Waals surface area contributed by atoms with Gasteiger partial charge in [-0.25, -0.2) is 0 Å². The molecule has 0 amide bonds. The van der Waals surface area contributed by atoms with Gasteiger partial charge in [-0.3, -0.25) is 0 Å². The van der Waals surface area contributed by atoms with Crippen LogP contribution in [-0.4, -0.2) is 0 Å². The highest BCUT2D eigenvalue weighted by atomic mass is 14.2. The van der Waals surface area contributed by atoms with Crippen LogP contribution in [0.5, 0.6) is 0 Å². The molecule has 1 nitrogen and oxygen atoms in total. The lowest BCUT2D eigenvalue weighted by Gasteiger charge is -1.87. The van der Waals surface area contributed by atoms with Crippen LogP contribution in [0.1, 0.15) is 5.56 Å². The lowest BCUT2D eigenvalue weighted by molar-refractivity contribution is 1.53. The summed E-state index contributed by atoms with van der Waals surface area (Å²) in [5, 5.41) is 8.19. The van der Waals surface area contributed by atoms with Gasteiger partial charge in [-0.2, -0.15) is 5.26 Å². The molecule has 0 unspecified atom stereocenters. The molecule has 0 radical (unpaired) electrons. The lowest BCUT2D eigenvalue weighted by atomic mass is 10.2. The number of rotatable bonds is 2. The zero-order chi connectivity index (χ0) is 11.4. The standard InChI is InChI=1S/C11H9N.C3H4/c12-10-6-2-5-9-11-7-3-1-4-8-11;1-3-2/h1-9H;1-2H2. The monoisotopic (exact) mass is 195 g/mol. The van der Waals surface area contributed by atoms with Gasteiger partial charge in [-0.05, 0) is 5.56 Å². The second kappa shape index (κ2) is 9.80. The molecule has 0 aliphatic heterocycles. The Bertz CT molecular complexity index is 385. The van der Waals surface area contributed by atoms with Gasteiger partial charge in [0, 0.05) is 6.08 Å². The van der Waals surface area contributed by atoms with Crippen molar-refractivity contribution in [1.82, 2.24) is 0 Å². The molecular weight excluding hydrogens is 182 g/mol. The summed E-state index contributed by atoms with van der Waals surface area (Å²) >= 11 is 0. The van der Waals surface area contributed by atoms with Gasteiger partial charge in [0.1, 0.15) is 0 Å². The van der Waals surface area contributed by atoms with Crippen LogP contribution in [0.25, 0.3) is 6.08 Å². The average Bonchev–Trinajstić information content (AvgIpc) is 2.27. The Kier molecular flexibility index (Phi) is 8.30. The molecule has 0 spiro atoms. The Morgan fingerprint density at radius 1 is 1.07 bits per heavy atom. The van der Waals surface area contributed by atoms with E-state index in [0.29, 0.717) is 0 Å². The summed E-state index contributed by atoms with van der Waals surface area (Å²) in [6.45, 7) is 6.25. The molecule has 0 bridgehead atoms. The van der Waals surface area contributed by atoms with Gasteiger partial charge >= 0.3 is 0 Å². The smallest absolute Gasteiger partial charge is 0.0912 e. The predicted molar refractivity (Wildman–Crippen MR) is 65.0 cm³/mol. The van der Waals surface area contributed by atoms with Crippen LogP contribution >= 0.6 is 0 Å². The first kappa shape index (κ1) is 12.7. The van der Waals surface area contributed by atoms with E-state index in [1.165, 1.54) is 6.08 Å². The quantitative estimate of drug-likeness (QED) is 0.400. The van der Waals surface area contributed by atoms with Crippen molar-refractivity contribution in [2.45, 2.75) is 0 Å². The molecule has 1 aromatic rings. The van der Waals surface area contributed by atoms with Crippen molar-refractivity contribution in [2.24, 2.45) is 0 Å². The molecule has 0 atom stereocenters. The fraction of sp³-hybridized carbons (Fsp3) is 0. The van der Waals surface area contributed by atoms with Crippen molar-refractivity contribution in [3.05, 3.63) is 73.0 Å². The molecule has 0 aromatic heterocycles. The van der Waals surface area contributed by atoms with E-state index >= 15 is 0 Å². The van der Waals surface area contributed by atoms with Gasteiger partial charge in [0.15, 0.2) is 0 Å². The van der Waals surface area contributed by atoms with Crippen LogP contribution in [0.4, 0.5) is 0 Å². The first-order chi connectivity index (χ1) is 7.35. The second-order valence-electron chi connectivity index (χ2n) is 2.51. The predicted octanol–water partition coefficient (Wildman–Crippen LogP) is 3.74. The Morgan fingerprint density at radius 3 is 2.20 bits per heavy atom. The van der Waals surface area contributed by atoms with Crippen molar-refractivity contribution < 1.29 is 0 Å². The van der Waals surface area contributed by atoms with Crippen LogP contribution in [0.2, 0.25) is 0 Å². The van der Waals surface area contributed by atoms with Gasteiger partial charge in [0.25, 0.3) is 0 Å². The summed E-state index contributed by atoms with van der Waals surface area (Å²) in [6.07, 6.45) is 6.96. The largest absolute Gasteiger partial charge is 0.193 e. The molecule has 74 valence electrons. The van der Waals surface area contributed by atoms with Gasteiger partial charge in [-0.1, -0.05) is 61.7 Å². The molecule has 0 heterocycles. The van der Waals surface area contributed by atoms with Crippen molar-refractivity contribution in [1.29, 1.82) is 5.26 Å². The molecule has 0 saturated heterocycles. The summed E-state index contributed by atoms with van der Waals surface area (Å²) in [5.41, 5.74) is 3.39. The molecule has 0 aliphatic rings. The summed E-state index contributed by atoms with van der Waals surface area (Å²) < 4.78 is 0. The zero-order valence-electron chi connectivity index (χ0n) is 8.56. The number of hydrogen-bond donors (Lipinski definition) is 0. The fourth-order valence-electron chi connectivity index (χ4n) is 0.829. The Hall–Kier alpha value is -2.29. The Balaban J connectivity index is 0.000000583. The maximum atomic E-state index is 8.19. The summed E-state index contributed by atoms with van der Waals surface area (Å²) in [6, 6.07) is 11.9. The summed E-state index contributed by atoms with van der Waals surface area (Å²) in [5.74, 6) is 0. The zero-order valence-corrected chi connectivity index (χ0v) is 8.56. The third-order valence-corrected chi connectivity index (χ3v) is 1.37. The van der Waals surface area contributed by atoms with Gasteiger partial charge < -0.3 is 0 Å². The van der Waals surface area contributed by atoms with E-state index in [2.05, 4.69) is 18.9 Å². The summed E-state index contributed by atoms with van der Waals surface area (Å²) in [7, 11) is 0. The number of hydrogen-bond acceptors (Lipinski definition) is 1. The topological polar surface area (TPSA) is 23.8 Å².